The van der Waals surface area contributed by atoms with Crippen LogP contribution in [0.15, 0.2) is 0 Å². The second-order valence-electron chi connectivity index (χ2n) is 8.67. The van der Waals surface area contributed by atoms with Crippen molar-refractivity contribution in [2.45, 2.75) is 148 Å². The van der Waals surface area contributed by atoms with Crippen molar-refractivity contribution in [2.75, 3.05) is 13.2 Å². The van der Waals surface area contributed by atoms with Crippen LogP contribution in [0, 0.1) is 0 Å². The van der Waals surface area contributed by atoms with Crippen LogP contribution < -0.4 is 0 Å². The summed E-state index contributed by atoms with van der Waals surface area (Å²) >= 11 is 0. The summed E-state index contributed by atoms with van der Waals surface area (Å²) in [4.78, 5) is 0. The van der Waals surface area contributed by atoms with Crippen LogP contribution in [-0.4, -0.2) is 29.4 Å². The van der Waals surface area contributed by atoms with Crippen molar-refractivity contribution in [1.82, 2.24) is 0 Å². The van der Waals surface area contributed by atoms with Gasteiger partial charge in [0, 0.05) is 13.2 Å². The second-order valence-corrected chi connectivity index (χ2v) is 9.62. The van der Waals surface area contributed by atoms with Crippen LogP contribution in [0.25, 0.3) is 0 Å². The monoisotopic (exact) mass is 414 g/mol. The molecule has 0 rings (SSSR count). The zero-order valence-corrected chi connectivity index (χ0v) is 22.0. The molecule has 170 valence electrons. The van der Waals surface area contributed by atoms with Crippen molar-refractivity contribution in [2.24, 2.45) is 0 Å². The molecule has 0 bridgehead atoms. The maximum Gasteiger partial charge on any atom is 0.131 e. The lowest BCUT2D eigenvalue weighted by Crippen LogP contribution is -2.18. The van der Waals surface area contributed by atoms with E-state index in [-0.39, 0.29) is 5.91 Å². The molecule has 0 spiro atoms. The normalized spacial score (nSPS) is 11.7. The van der Waals surface area contributed by atoms with Gasteiger partial charge < -0.3 is 9.47 Å². The second kappa shape index (κ2) is 25.2. The molecule has 0 aromatic heterocycles. The van der Waals surface area contributed by atoms with Crippen LogP contribution in [0.1, 0.15) is 142 Å². The molecule has 3 heteroatoms. The molecule has 0 heterocycles. The van der Waals surface area contributed by atoms with Crippen molar-refractivity contribution < 1.29 is 9.47 Å². The van der Waals surface area contributed by atoms with Gasteiger partial charge in [-0.3, -0.25) is 0 Å². The van der Waals surface area contributed by atoms with Gasteiger partial charge in [-0.1, -0.05) is 129 Å². The number of ether oxygens (including phenoxy) is 2. The van der Waals surface area contributed by atoms with E-state index in [0.717, 1.165) is 23.5 Å². The van der Waals surface area contributed by atoms with E-state index in [1.165, 1.54) is 128 Å². The maximum atomic E-state index is 5.85. The van der Waals surface area contributed by atoms with Gasteiger partial charge in [-0.05, 0) is 12.8 Å². The van der Waals surface area contributed by atoms with Gasteiger partial charge in [0.2, 0.25) is 0 Å². The molecule has 2 nitrogen and oxygen atoms in total. The summed E-state index contributed by atoms with van der Waals surface area (Å²) in [5.74, 6) is 0.108. The van der Waals surface area contributed by atoms with E-state index in [9.17, 15) is 0 Å². The SMILES string of the molecule is CCCCCCCCCCCCOC([SiH3])OCCCCCCCCCCCC. The highest BCUT2D eigenvalue weighted by Crippen LogP contribution is 2.12. The van der Waals surface area contributed by atoms with Gasteiger partial charge in [0.05, 0.1) is 10.2 Å². The summed E-state index contributed by atoms with van der Waals surface area (Å²) in [6, 6.07) is 0. The summed E-state index contributed by atoms with van der Waals surface area (Å²) in [6.07, 6.45) is 27.6. The maximum absolute atomic E-state index is 5.85. The Bertz CT molecular complexity index is 247. The van der Waals surface area contributed by atoms with Gasteiger partial charge >= 0.3 is 0 Å². The van der Waals surface area contributed by atoms with Crippen molar-refractivity contribution in [3.05, 3.63) is 0 Å². The summed E-state index contributed by atoms with van der Waals surface area (Å²) in [7, 11) is 0.987. The summed E-state index contributed by atoms with van der Waals surface area (Å²) in [6.45, 7) is 6.36. The minimum atomic E-state index is 0.108. The van der Waals surface area contributed by atoms with E-state index >= 15 is 0 Å². The van der Waals surface area contributed by atoms with E-state index in [1.807, 2.05) is 0 Å². The van der Waals surface area contributed by atoms with Gasteiger partial charge in [-0.2, -0.15) is 0 Å². The first-order valence-electron chi connectivity index (χ1n) is 13.0. The average molecular weight is 415 g/mol. The van der Waals surface area contributed by atoms with Crippen LogP contribution in [-0.2, 0) is 9.47 Å². The molecular weight excluding hydrogens is 360 g/mol. The van der Waals surface area contributed by atoms with Gasteiger partial charge in [-0.15, -0.1) is 0 Å². The Balaban J connectivity index is 3.12. The van der Waals surface area contributed by atoms with Gasteiger partial charge in [0.1, 0.15) is 5.91 Å². The number of hydrogen-bond donors (Lipinski definition) is 0. The van der Waals surface area contributed by atoms with Crippen molar-refractivity contribution in [3.8, 4) is 0 Å². The third-order valence-electron chi connectivity index (χ3n) is 5.70. The first kappa shape index (κ1) is 28.1. The minimum absolute atomic E-state index is 0.108. The van der Waals surface area contributed by atoms with Crippen molar-refractivity contribution >= 4 is 10.2 Å². The summed E-state index contributed by atoms with van der Waals surface area (Å²) in [5.41, 5.74) is 0. The molecule has 0 aromatic rings. The van der Waals surface area contributed by atoms with Crippen LogP contribution in [0.5, 0.6) is 0 Å². The van der Waals surface area contributed by atoms with Crippen LogP contribution in [0.4, 0.5) is 0 Å². The molecule has 0 N–H and O–H groups in total. The lowest BCUT2D eigenvalue weighted by molar-refractivity contribution is -0.0900. The Hall–Kier alpha value is 0.137. The van der Waals surface area contributed by atoms with Crippen LogP contribution in [0.2, 0.25) is 0 Å². The van der Waals surface area contributed by atoms with E-state index in [0.29, 0.717) is 0 Å². The third kappa shape index (κ3) is 24.2. The molecule has 0 saturated heterocycles. The lowest BCUT2D eigenvalue weighted by Gasteiger charge is -2.14. The third-order valence-corrected chi connectivity index (χ3v) is 6.37. The molecule has 28 heavy (non-hydrogen) atoms. The summed E-state index contributed by atoms with van der Waals surface area (Å²) < 4.78 is 11.7. The Morgan fingerprint density at radius 1 is 0.429 bits per heavy atom. The first-order valence-corrected chi connectivity index (χ1v) is 14.2. The van der Waals surface area contributed by atoms with Crippen LogP contribution in [0.3, 0.4) is 0 Å². The minimum Gasteiger partial charge on any atom is -0.357 e. The number of unbranched alkanes of at least 4 members (excludes halogenated alkanes) is 18. The van der Waals surface area contributed by atoms with Gasteiger partial charge in [0.15, 0.2) is 0 Å². The van der Waals surface area contributed by atoms with Gasteiger partial charge in [0.25, 0.3) is 0 Å². The van der Waals surface area contributed by atoms with E-state index in [2.05, 4.69) is 13.8 Å². The highest BCUT2D eigenvalue weighted by Gasteiger charge is 2.01. The zero-order valence-electron chi connectivity index (χ0n) is 20.0. The zero-order chi connectivity index (χ0) is 20.5. The van der Waals surface area contributed by atoms with Crippen molar-refractivity contribution in [1.29, 1.82) is 0 Å². The van der Waals surface area contributed by atoms with E-state index in [4.69, 9.17) is 9.47 Å². The average Bonchev–Trinajstić information content (AvgIpc) is 2.70. The van der Waals surface area contributed by atoms with Gasteiger partial charge in [-0.25, -0.2) is 0 Å². The topological polar surface area (TPSA) is 18.5 Å². The molecular formula is C25H54O2Si. The summed E-state index contributed by atoms with van der Waals surface area (Å²) in [5, 5.41) is 0. The highest BCUT2D eigenvalue weighted by molar-refractivity contribution is 6.10. The molecule has 0 atom stereocenters. The quantitative estimate of drug-likeness (QED) is 0.0924. The Morgan fingerprint density at radius 3 is 0.964 bits per heavy atom. The molecule has 0 unspecified atom stereocenters. The molecule has 0 fully saturated rings. The number of hydrogen-bond acceptors (Lipinski definition) is 2. The molecule has 0 aliphatic carbocycles. The molecule has 0 aromatic carbocycles. The first-order chi connectivity index (χ1) is 13.8. The molecule has 0 amide bonds. The smallest absolute Gasteiger partial charge is 0.131 e. The highest BCUT2D eigenvalue weighted by atomic mass is 28.1. The number of rotatable bonds is 24. The van der Waals surface area contributed by atoms with Crippen LogP contribution >= 0.6 is 0 Å². The standard InChI is InChI=1S/C25H54O2Si/c1-3-5-7-9-11-13-15-17-19-21-23-26-25(28)27-24-22-20-18-16-14-12-10-8-6-4-2/h25H,3-24H2,1-2,28H3. The fourth-order valence-corrected chi connectivity index (χ4v) is 4.20. The largest absolute Gasteiger partial charge is 0.357 e. The fourth-order valence-electron chi connectivity index (χ4n) is 3.73. The Morgan fingerprint density at radius 2 is 0.679 bits per heavy atom. The molecule has 0 radical (unpaired) electrons. The Labute approximate surface area is 181 Å². The fraction of sp³-hybridized carbons (Fsp3) is 1.00. The lowest BCUT2D eigenvalue weighted by atomic mass is 10.1. The molecule has 0 aliphatic rings. The van der Waals surface area contributed by atoms with Crippen molar-refractivity contribution in [3.63, 3.8) is 0 Å². The predicted octanol–water partition coefficient (Wildman–Crippen LogP) is 7.51. The molecule has 0 aliphatic heterocycles. The molecule has 0 saturated carbocycles. The van der Waals surface area contributed by atoms with E-state index < -0.39 is 0 Å². The Kier molecular flexibility index (Phi) is 25.3. The van der Waals surface area contributed by atoms with E-state index in [1.54, 1.807) is 0 Å². The predicted molar refractivity (Wildman–Crippen MR) is 129 cm³/mol.